The van der Waals surface area contributed by atoms with Crippen LogP contribution < -0.4 is 5.32 Å². The lowest BCUT2D eigenvalue weighted by Gasteiger charge is -2.03. The van der Waals surface area contributed by atoms with Crippen LogP contribution in [0.2, 0.25) is 0 Å². The lowest BCUT2D eigenvalue weighted by molar-refractivity contribution is 0.687. The average molecular weight is 264 g/mol. The topological polar surface area (TPSA) is 42.7 Å². The van der Waals surface area contributed by atoms with E-state index in [1.54, 1.807) is 12.4 Å². The van der Waals surface area contributed by atoms with Crippen LogP contribution in [-0.2, 0) is 13.1 Å². The van der Waals surface area contributed by atoms with Gasteiger partial charge >= 0.3 is 0 Å². The number of hydrogen-bond acceptors (Lipinski definition) is 3. The molecular weight excluding hydrogens is 248 g/mol. The molecule has 0 saturated heterocycles. The van der Waals surface area contributed by atoms with Crippen molar-refractivity contribution in [3.8, 4) is 0 Å². The largest absolute Gasteiger partial charge is 0.378 e. The van der Waals surface area contributed by atoms with Crippen LogP contribution in [0, 0.1) is 0 Å². The van der Waals surface area contributed by atoms with Gasteiger partial charge < -0.3 is 5.32 Å². The molecule has 4 nitrogen and oxygen atoms in total. The number of pyridine rings is 1. The molecule has 0 saturated carbocycles. The number of nitrogens with zero attached hydrogens (tertiary/aromatic N) is 3. The smallest absolute Gasteiger partial charge is 0.0729 e. The SMILES string of the molecule is c1ccc(Cn2cc(NCc3ccncc3)cn2)cc1. The Labute approximate surface area is 118 Å². The summed E-state index contributed by atoms with van der Waals surface area (Å²) in [6.45, 7) is 1.57. The molecule has 2 heterocycles. The number of aromatic nitrogens is 3. The fraction of sp³-hybridized carbons (Fsp3) is 0.125. The van der Waals surface area contributed by atoms with Crippen molar-refractivity contribution in [2.24, 2.45) is 0 Å². The Morgan fingerprint density at radius 2 is 1.75 bits per heavy atom. The lowest BCUT2D eigenvalue weighted by Crippen LogP contribution is -2.00. The Hall–Kier alpha value is -2.62. The highest BCUT2D eigenvalue weighted by atomic mass is 15.3. The highest BCUT2D eigenvalue weighted by molar-refractivity contribution is 5.39. The van der Waals surface area contributed by atoms with Crippen LogP contribution in [0.1, 0.15) is 11.1 Å². The van der Waals surface area contributed by atoms with Gasteiger partial charge in [-0.05, 0) is 23.3 Å². The second-order valence-corrected chi connectivity index (χ2v) is 4.62. The summed E-state index contributed by atoms with van der Waals surface area (Å²) < 4.78 is 1.93. The number of anilines is 1. The first kappa shape index (κ1) is 12.4. The Kier molecular flexibility index (Phi) is 3.73. The number of benzene rings is 1. The predicted octanol–water partition coefficient (Wildman–Crippen LogP) is 2.94. The molecule has 0 unspecified atom stereocenters. The van der Waals surface area contributed by atoms with E-state index in [1.165, 1.54) is 11.1 Å². The zero-order chi connectivity index (χ0) is 13.6. The zero-order valence-corrected chi connectivity index (χ0v) is 11.1. The van der Waals surface area contributed by atoms with Crippen molar-refractivity contribution >= 4 is 5.69 Å². The fourth-order valence-corrected chi connectivity index (χ4v) is 2.02. The van der Waals surface area contributed by atoms with E-state index < -0.39 is 0 Å². The van der Waals surface area contributed by atoms with Crippen LogP contribution in [0.3, 0.4) is 0 Å². The van der Waals surface area contributed by atoms with Gasteiger partial charge in [0.15, 0.2) is 0 Å². The van der Waals surface area contributed by atoms with E-state index in [2.05, 4.69) is 27.5 Å². The molecule has 3 aromatic rings. The molecule has 1 N–H and O–H groups in total. The minimum atomic E-state index is 0.777. The number of rotatable bonds is 5. The Morgan fingerprint density at radius 3 is 2.55 bits per heavy atom. The summed E-state index contributed by atoms with van der Waals surface area (Å²) in [7, 11) is 0. The molecule has 2 aromatic heterocycles. The Morgan fingerprint density at radius 1 is 0.950 bits per heavy atom. The van der Waals surface area contributed by atoms with Crippen LogP contribution in [0.25, 0.3) is 0 Å². The minimum absolute atomic E-state index is 0.777. The Bertz CT molecular complexity index is 647. The summed E-state index contributed by atoms with van der Waals surface area (Å²) in [5, 5.41) is 7.72. The fourth-order valence-electron chi connectivity index (χ4n) is 2.02. The van der Waals surface area contributed by atoms with E-state index in [0.717, 1.165) is 18.8 Å². The minimum Gasteiger partial charge on any atom is -0.378 e. The highest BCUT2D eigenvalue weighted by Crippen LogP contribution is 2.09. The molecule has 4 heteroatoms. The van der Waals surface area contributed by atoms with Gasteiger partial charge in [0.2, 0.25) is 0 Å². The second kappa shape index (κ2) is 6.02. The van der Waals surface area contributed by atoms with Crippen LogP contribution in [0.4, 0.5) is 5.69 Å². The van der Waals surface area contributed by atoms with E-state index >= 15 is 0 Å². The molecule has 20 heavy (non-hydrogen) atoms. The molecule has 0 fully saturated rings. The summed E-state index contributed by atoms with van der Waals surface area (Å²) in [4.78, 5) is 4.01. The third kappa shape index (κ3) is 3.23. The third-order valence-corrected chi connectivity index (χ3v) is 3.07. The van der Waals surface area contributed by atoms with Crippen molar-refractivity contribution < 1.29 is 0 Å². The van der Waals surface area contributed by atoms with Gasteiger partial charge in [-0.25, -0.2) is 0 Å². The van der Waals surface area contributed by atoms with Crippen LogP contribution in [-0.4, -0.2) is 14.8 Å². The first-order valence-corrected chi connectivity index (χ1v) is 6.59. The van der Waals surface area contributed by atoms with Gasteiger partial charge in [0.1, 0.15) is 0 Å². The van der Waals surface area contributed by atoms with Gasteiger partial charge in [-0.15, -0.1) is 0 Å². The molecule has 1 aromatic carbocycles. The quantitative estimate of drug-likeness (QED) is 0.770. The van der Waals surface area contributed by atoms with Crippen molar-refractivity contribution in [3.05, 3.63) is 78.4 Å². The average Bonchev–Trinajstić information content (AvgIpc) is 2.95. The van der Waals surface area contributed by atoms with Gasteiger partial charge in [0.25, 0.3) is 0 Å². The lowest BCUT2D eigenvalue weighted by atomic mass is 10.2. The molecule has 0 bridgehead atoms. The molecule has 0 spiro atoms. The number of nitrogens with one attached hydrogen (secondary N) is 1. The van der Waals surface area contributed by atoms with Crippen LogP contribution in [0.5, 0.6) is 0 Å². The molecule has 0 atom stereocenters. The summed E-state index contributed by atoms with van der Waals surface area (Å²) in [5.74, 6) is 0. The standard InChI is InChI=1S/C16H16N4/c1-2-4-15(5-3-1)12-20-13-16(11-19-20)18-10-14-6-8-17-9-7-14/h1-9,11,13,18H,10,12H2. The van der Waals surface area contributed by atoms with Crippen molar-refractivity contribution in [2.45, 2.75) is 13.1 Å². The normalized spacial score (nSPS) is 10.4. The van der Waals surface area contributed by atoms with Crippen molar-refractivity contribution in [2.75, 3.05) is 5.32 Å². The van der Waals surface area contributed by atoms with Crippen molar-refractivity contribution in [3.63, 3.8) is 0 Å². The monoisotopic (exact) mass is 264 g/mol. The summed E-state index contributed by atoms with van der Waals surface area (Å²) >= 11 is 0. The maximum absolute atomic E-state index is 4.37. The summed E-state index contributed by atoms with van der Waals surface area (Å²) in [6.07, 6.45) is 7.48. The van der Waals surface area contributed by atoms with E-state index in [4.69, 9.17) is 0 Å². The maximum atomic E-state index is 4.37. The summed E-state index contributed by atoms with van der Waals surface area (Å²) in [6, 6.07) is 14.3. The molecule has 0 aliphatic heterocycles. The van der Waals surface area contributed by atoms with Gasteiger partial charge in [0, 0.05) is 25.1 Å². The molecule has 0 aliphatic rings. The molecular formula is C16H16N4. The van der Waals surface area contributed by atoms with Gasteiger partial charge in [-0.1, -0.05) is 30.3 Å². The molecule has 0 radical (unpaired) electrons. The zero-order valence-electron chi connectivity index (χ0n) is 11.1. The second-order valence-electron chi connectivity index (χ2n) is 4.62. The predicted molar refractivity (Wildman–Crippen MR) is 79.3 cm³/mol. The van der Waals surface area contributed by atoms with E-state index in [1.807, 2.05) is 47.4 Å². The third-order valence-electron chi connectivity index (χ3n) is 3.07. The van der Waals surface area contributed by atoms with E-state index in [0.29, 0.717) is 0 Å². The van der Waals surface area contributed by atoms with Gasteiger partial charge in [-0.2, -0.15) is 5.10 Å². The molecule has 0 amide bonds. The molecule has 3 rings (SSSR count). The first-order chi connectivity index (χ1) is 9.90. The van der Waals surface area contributed by atoms with E-state index in [-0.39, 0.29) is 0 Å². The van der Waals surface area contributed by atoms with E-state index in [9.17, 15) is 0 Å². The van der Waals surface area contributed by atoms with Crippen molar-refractivity contribution in [1.82, 2.24) is 14.8 Å². The van der Waals surface area contributed by atoms with Crippen LogP contribution in [0.15, 0.2) is 67.3 Å². The first-order valence-electron chi connectivity index (χ1n) is 6.59. The highest BCUT2D eigenvalue weighted by Gasteiger charge is 1.99. The van der Waals surface area contributed by atoms with Crippen LogP contribution >= 0.6 is 0 Å². The van der Waals surface area contributed by atoms with Gasteiger partial charge in [0.05, 0.1) is 18.4 Å². The summed E-state index contributed by atoms with van der Waals surface area (Å²) in [5.41, 5.74) is 3.48. The van der Waals surface area contributed by atoms with Gasteiger partial charge in [-0.3, -0.25) is 9.67 Å². The number of hydrogen-bond donors (Lipinski definition) is 1. The molecule has 0 aliphatic carbocycles. The maximum Gasteiger partial charge on any atom is 0.0729 e. The Balaban J connectivity index is 1.60. The molecule has 100 valence electrons. The van der Waals surface area contributed by atoms with Crippen molar-refractivity contribution in [1.29, 1.82) is 0 Å².